The largest absolute Gasteiger partial charge is 0.309 e. The number of carbonyl (C=O) groups is 1. The van der Waals surface area contributed by atoms with Crippen LogP contribution in [0.3, 0.4) is 0 Å². The van der Waals surface area contributed by atoms with Gasteiger partial charge in [0.15, 0.2) is 10.8 Å². The number of aryl methyl sites for hydroxylation is 2. The number of hydrogen-bond donors (Lipinski definition) is 0. The Labute approximate surface area is 182 Å². The van der Waals surface area contributed by atoms with Gasteiger partial charge in [-0.1, -0.05) is 17.4 Å². The topological polar surface area (TPSA) is 54.3 Å². The van der Waals surface area contributed by atoms with E-state index in [1.807, 2.05) is 25.0 Å². The molecule has 0 aliphatic rings. The van der Waals surface area contributed by atoms with Gasteiger partial charge in [0.2, 0.25) is 0 Å². The molecule has 0 aliphatic carbocycles. The van der Waals surface area contributed by atoms with E-state index in [-0.39, 0.29) is 24.4 Å². The number of hydrogen-bond acceptors (Lipinski definition) is 5. The van der Waals surface area contributed by atoms with Crippen LogP contribution in [-0.4, -0.2) is 52.8 Å². The summed E-state index contributed by atoms with van der Waals surface area (Å²) in [6.07, 6.45) is 2.74. The number of nitrogens with zero attached hydrogens (tertiary/aromatic N) is 5. The third-order valence-electron chi connectivity index (χ3n) is 4.63. The van der Waals surface area contributed by atoms with Crippen LogP contribution >= 0.6 is 23.7 Å². The number of fused-ring (bicyclic) bond motifs is 1. The molecule has 1 amide bonds. The zero-order valence-electron chi connectivity index (χ0n) is 18.0. The molecule has 2 aromatic heterocycles. The van der Waals surface area contributed by atoms with Gasteiger partial charge in [0, 0.05) is 18.8 Å². The monoisotopic (exact) mass is 435 g/mol. The van der Waals surface area contributed by atoms with Crippen molar-refractivity contribution in [2.24, 2.45) is 0 Å². The molecular weight excluding hydrogens is 406 g/mol. The number of halogens is 1. The van der Waals surface area contributed by atoms with E-state index in [1.54, 1.807) is 22.3 Å². The minimum Gasteiger partial charge on any atom is -0.309 e. The molecule has 0 fully saturated rings. The summed E-state index contributed by atoms with van der Waals surface area (Å²) in [4.78, 5) is 22.0. The molecule has 29 heavy (non-hydrogen) atoms. The normalized spacial score (nSPS) is 11.3. The molecule has 6 nitrogen and oxygen atoms in total. The van der Waals surface area contributed by atoms with Crippen LogP contribution in [0.15, 0.2) is 24.4 Å². The van der Waals surface area contributed by atoms with Crippen LogP contribution < -0.4 is 4.90 Å². The van der Waals surface area contributed by atoms with E-state index in [0.717, 1.165) is 28.3 Å². The van der Waals surface area contributed by atoms with Crippen LogP contribution in [0.1, 0.15) is 47.9 Å². The highest BCUT2D eigenvalue weighted by Gasteiger charge is 2.24. The number of carbonyl (C=O) groups excluding carboxylic acids is 1. The lowest BCUT2D eigenvalue weighted by Crippen LogP contribution is -2.33. The molecule has 0 bridgehead atoms. The van der Waals surface area contributed by atoms with Gasteiger partial charge in [-0.25, -0.2) is 4.98 Å². The van der Waals surface area contributed by atoms with Crippen LogP contribution in [0, 0.1) is 13.8 Å². The van der Waals surface area contributed by atoms with Crippen molar-refractivity contribution in [3.05, 3.63) is 41.2 Å². The summed E-state index contributed by atoms with van der Waals surface area (Å²) in [5, 5.41) is 5.22. The maximum absolute atomic E-state index is 13.3. The SMILES string of the molecule is Cc1cc(C)c2sc(N(CCCN(C)C)C(=O)c3ccn(C(C)C)n3)nc2c1.Cl. The fourth-order valence-corrected chi connectivity index (χ4v) is 4.23. The zero-order valence-corrected chi connectivity index (χ0v) is 19.6. The van der Waals surface area contributed by atoms with Crippen molar-refractivity contribution in [1.29, 1.82) is 0 Å². The first-order valence-corrected chi connectivity index (χ1v) is 10.5. The van der Waals surface area contributed by atoms with E-state index in [4.69, 9.17) is 4.98 Å². The van der Waals surface area contributed by atoms with Crippen molar-refractivity contribution in [2.75, 3.05) is 32.1 Å². The summed E-state index contributed by atoms with van der Waals surface area (Å²) in [5.41, 5.74) is 3.80. The molecule has 2 heterocycles. The second-order valence-corrected chi connectivity index (χ2v) is 8.79. The Hall–Kier alpha value is -1.96. The van der Waals surface area contributed by atoms with Gasteiger partial charge in [-0.05, 0) is 78.0 Å². The maximum atomic E-state index is 13.3. The van der Waals surface area contributed by atoms with Crippen molar-refractivity contribution < 1.29 is 4.79 Å². The highest BCUT2D eigenvalue weighted by Crippen LogP contribution is 2.32. The molecule has 3 aromatic rings. The molecule has 8 heteroatoms. The van der Waals surface area contributed by atoms with Crippen LogP contribution in [0.25, 0.3) is 10.2 Å². The Morgan fingerprint density at radius 3 is 2.55 bits per heavy atom. The van der Waals surface area contributed by atoms with Crippen molar-refractivity contribution in [3.63, 3.8) is 0 Å². The minimum absolute atomic E-state index is 0. The van der Waals surface area contributed by atoms with Gasteiger partial charge in [-0.3, -0.25) is 14.4 Å². The number of benzene rings is 1. The number of thiazole rings is 1. The second kappa shape index (κ2) is 9.69. The fraction of sp³-hybridized carbons (Fsp3) is 0.476. The van der Waals surface area contributed by atoms with Crippen LogP contribution in [0.5, 0.6) is 0 Å². The predicted octanol–water partition coefficient (Wildman–Crippen LogP) is 4.71. The van der Waals surface area contributed by atoms with Crippen molar-refractivity contribution >= 4 is 45.0 Å². The lowest BCUT2D eigenvalue weighted by atomic mass is 10.1. The molecule has 0 unspecified atom stereocenters. The molecular formula is C21H30ClN5OS. The predicted molar refractivity (Wildman–Crippen MR) is 124 cm³/mol. The summed E-state index contributed by atoms with van der Waals surface area (Å²) in [5.74, 6) is -0.0911. The first-order chi connectivity index (χ1) is 13.3. The lowest BCUT2D eigenvalue weighted by molar-refractivity contribution is 0.0980. The Kier molecular flexibility index (Phi) is 7.80. The molecule has 0 aliphatic heterocycles. The van der Waals surface area contributed by atoms with Gasteiger partial charge in [0.25, 0.3) is 5.91 Å². The van der Waals surface area contributed by atoms with Gasteiger partial charge in [-0.2, -0.15) is 5.10 Å². The minimum atomic E-state index is -0.0911. The van der Waals surface area contributed by atoms with E-state index in [1.165, 1.54) is 11.1 Å². The van der Waals surface area contributed by atoms with E-state index in [0.29, 0.717) is 12.2 Å². The number of anilines is 1. The van der Waals surface area contributed by atoms with E-state index in [9.17, 15) is 4.79 Å². The first kappa shape index (κ1) is 23.3. The standard InChI is InChI=1S/C21H29N5OS.ClH/c1-14(2)26-11-8-17(23-26)20(27)25(10-7-9-24(5)6)21-22-18-13-15(3)12-16(4)19(18)28-21;/h8,11-14H,7,9-10H2,1-6H3;1H. The maximum Gasteiger partial charge on any atom is 0.280 e. The van der Waals surface area contributed by atoms with Crippen LogP contribution in [0.2, 0.25) is 0 Å². The van der Waals surface area contributed by atoms with Gasteiger partial charge >= 0.3 is 0 Å². The molecule has 0 spiro atoms. The molecule has 158 valence electrons. The summed E-state index contributed by atoms with van der Waals surface area (Å²) < 4.78 is 2.95. The molecule has 0 N–H and O–H groups in total. The van der Waals surface area contributed by atoms with Crippen molar-refractivity contribution in [2.45, 2.75) is 40.2 Å². The molecule has 0 radical (unpaired) electrons. The fourth-order valence-electron chi connectivity index (χ4n) is 3.19. The van der Waals surface area contributed by atoms with E-state index >= 15 is 0 Å². The summed E-state index contributed by atoms with van der Waals surface area (Å²) in [6, 6.07) is 6.26. The Bertz CT molecular complexity index is 979. The molecule has 3 rings (SSSR count). The molecule has 0 saturated heterocycles. The number of aromatic nitrogens is 3. The Morgan fingerprint density at radius 2 is 1.93 bits per heavy atom. The van der Waals surface area contributed by atoms with Crippen LogP contribution in [0.4, 0.5) is 5.13 Å². The van der Waals surface area contributed by atoms with Gasteiger partial charge in [0.05, 0.1) is 10.2 Å². The third kappa shape index (κ3) is 5.35. The van der Waals surface area contributed by atoms with E-state index < -0.39 is 0 Å². The van der Waals surface area contributed by atoms with Crippen molar-refractivity contribution in [1.82, 2.24) is 19.7 Å². The zero-order chi connectivity index (χ0) is 20.4. The quantitative estimate of drug-likeness (QED) is 0.539. The molecule has 1 aromatic carbocycles. The number of amides is 1. The third-order valence-corrected chi connectivity index (χ3v) is 5.86. The Morgan fingerprint density at radius 1 is 1.21 bits per heavy atom. The van der Waals surface area contributed by atoms with Crippen LogP contribution in [-0.2, 0) is 0 Å². The highest BCUT2D eigenvalue weighted by molar-refractivity contribution is 7.22. The average Bonchev–Trinajstić information content (AvgIpc) is 3.25. The molecule has 0 atom stereocenters. The van der Waals surface area contributed by atoms with Crippen molar-refractivity contribution in [3.8, 4) is 0 Å². The average molecular weight is 436 g/mol. The smallest absolute Gasteiger partial charge is 0.280 e. The first-order valence-electron chi connectivity index (χ1n) is 9.66. The summed E-state index contributed by atoms with van der Waals surface area (Å²) in [7, 11) is 4.08. The van der Waals surface area contributed by atoms with E-state index in [2.05, 4.69) is 49.8 Å². The summed E-state index contributed by atoms with van der Waals surface area (Å²) in [6.45, 7) is 9.80. The lowest BCUT2D eigenvalue weighted by Gasteiger charge is -2.20. The van der Waals surface area contributed by atoms with Gasteiger partial charge < -0.3 is 4.90 Å². The highest BCUT2D eigenvalue weighted by atomic mass is 35.5. The Balaban J connectivity index is 0.00000300. The van der Waals surface area contributed by atoms with Gasteiger partial charge in [0.1, 0.15) is 0 Å². The van der Waals surface area contributed by atoms with Gasteiger partial charge in [-0.15, -0.1) is 12.4 Å². The summed E-state index contributed by atoms with van der Waals surface area (Å²) >= 11 is 1.58. The molecule has 0 saturated carbocycles. The number of rotatable bonds is 7. The second-order valence-electron chi connectivity index (χ2n) is 7.81.